The van der Waals surface area contributed by atoms with Gasteiger partial charge in [-0.15, -0.1) is 11.3 Å². The monoisotopic (exact) mass is 639 g/mol. The molecule has 5 nitrogen and oxygen atoms in total. The Morgan fingerprint density at radius 1 is 0.426 bits per heavy atom. The minimum absolute atomic E-state index is 0.638. The molecule has 7 heteroatoms. The summed E-state index contributed by atoms with van der Waals surface area (Å²) >= 11 is 3.52. The average molecular weight is 640 g/mol. The molecule has 6 aromatic carbocycles. The van der Waals surface area contributed by atoms with E-state index in [1.807, 2.05) is 60.7 Å². The van der Waals surface area contributed by atoms with Crippen LogP contribution in [-0.2, 0) is 0 Å². The summed E-state index contributed by atoms with van der Waals surface area (Å²) in [7, 11) is 0. The van der Waals surface area contributed by atoms with E-state index in [0.29, 0.717) is 17.5 Å². The minimum atomic E-state index is 0.638. The van der Waals surface area contributed by atoms with Gasteiger partial charge in [-0.2, -0.15) is 0 Å². The lowest BCUT2D eigenvalue weighted by molar-refractivity contribution is 1.07. The third-order valence-electron chi connectivity index (χ3n) is 8.14. The Hall–Kier alpha value is -5.63. The number of nitrogens with zero attached hydrogens (tertiary/aromatic N) is 5. The highest BCUT2D eigenvalue weighted by molar-refractivity contribution is 7.99. The van der Waals surface area contributed by atoms with Crippen LogP contribution in [0.25, 0.3) is 55.0 Å². The lowest BCUT2D eigenvalue weighted by Crippen LogP contribution is -2.14. The Bertz CT molecular complexity index is 2320. The van der Waals surface area contributed by atoms with Crippen LogP contribution >= 0.6 is 23.1 Å². The van der Waals surface area contributed by atoms with Crippen molar-refractivity contribution in [1.29, 1.82) is 0 Å². The Morgan fingerprint density at radius 3 is 1.60 bits per heavy atom. The van der Waals surface area contributed by atoms with E-state index in [1.165, 1.54) is 21.2 Å². The van der Waals surface area contributed by atoms with Crippen molar-refractivity contribution < 1.29 is 0 Å². The van der Waals surface area contributed by atoms with Crippen molar-refractivity contribution in [3.63, 3.8) is 0 Å². The maximum Gasteiger partial charge on any atom is 0.164 e. The van der Waals surface area contributed by atoms with E-state index in [0.717, 1.165) is 43.2 Å². The highest BCUT2D eigenvalue weighted by Crippen LogP contribution is 2.52. The fraction of sp³-hybridized carbons (Fsp3) is 0. The van der Waals surface area contributed by atoms with Gasteiger partial charge in [-0.3, -0.25) is 0 Å². The minimum Gasteiger partial charge on any atom is -0.308 e. The van der Waals surface area contributed by atoms with Crippen molar-refractivity contribution in [1.82, 2.24) is 19.9 Å². The Morgan fingerprint density at radius 2 is 0.957 bits per heavy atom. The molecular weight excluding hydrogens is 615 g/mol. The molecule has 0 bridgehead atoms. The van der Waals surface area contributed by atoms with Crippen molar-refractivity contribution in [2.24, 2.45) is 0 Å². The zero-order valence-electron chi connectivity index (χ0n) is 25.0. The summed E-state index contributed by atoms with van der Waals surface area (Å²) in [6.45, 7) is 0. The fourth-order valence-corrected chi connectivity index (χ4v) is 7.91. The van der Waals surface area contributed by atoms with E-state index < -0.39 is 0 Å². The summed E-state index contributed by atoms with van der Waals surface area (Å²) in [4.78, 5) is 24.5. The van der Waals surface area contributed by atoms with Gasteiger partial charge in [-0.1, -0.05) is 127 Å². The van der Waals surface area contributed by atoms with Gasteiger partial charge in [0.25, 0.3) is 0 Å². The van der Waals surface area contributed by atoms with Crippen LogP contribution in [0.15, 0.2) is 161 Å². The normalized spacial score (nSPS) is 12.1. The van der Waals surface area contributed by atoms with Crippen LogP contribution < -0.4 is 4.90 Å². The van der Waals surface area contributed by atoms with Crippen LogP contribution in [0.5, 0.6) is 0 Å². The second-order valence-electron chi connectivity index (χ2n) is 11.2. The quantitative estimate of drug-likeness (QED) is 0.187. The molecule has 9 rings (SSSR count). The molecule has 0 unspecified atom stereocenters. The van der Waals surface area contributed by atoms with Gasteiger partial charge < -0.3 is 4.90 Å². The second kappa shape index (κ2) is 11.6. The maximum atomic E-state index is 5.10. The van der Waals surface area contributed by atoms with Gasteiger partial charge in [0.1, 0.15) is 5.01 Å². The largest absolute Gasteiger partial charge is 0.308 e. The topological polar surface area (TPSA) is 54.8 Å². The molecule has 1 aliphatic rings. The molecule has 3 heterocycles. The van der Waals surface area contributed by atoms with Gasteiger partial charge >= 0.3 is 0 Å². The van der Waals surface area contributed by atoms with Gasteiger partial charge in [0.05, 0.1) is 21.6 Å². The first-order chi connectivity index (χ1) is 23.3. The van der Waals surface area contributed by atoms with Crippen LogP contribution in [-0.4, -0.2) is 19.9 Å². The molecule has 0 aliphatic carbocycles. The summed E-state index contributed by atoms with van der Waals surface area (Å²) < 4.78 is 1.15. The smallest absolute Gasteiger partial charge is 0.164 e. The zero-order chi connectivity index (χ0) is 31.2. The molecule has 0 radical (unpaired) electrons. The number of rotatable bonds is 5. The molecule has 0 atom stereocenters. The third kappa shape index (κ3) is 5.16. The summed E-state index contributed by atoms with van der Waals surface area (Å²) in [6, 6.07) is 52.2. The molecule has 0 saturated carbocycles. The number of hydrogen-bond acceptors (Lipinski definition) is 7. The van der Waals surface area contributed by atoms with Crippen molar-refractivity contribution >= 4 is 50.4 Å². The van der Waals surface area contributed by atoms with E-state index in [1.54, 1.807) is 23.1 Å². The van der Waals surface area contributed by atoms with Gasteiger partial charge in [0.2, 0.25) is 0 Å². The predicted molar refractivity (Wildman–Crippen MR) is 194 cm³/mol. The number of para-hydroxylation sites is 2. The van der Waals surface area contributed by atoms with Gasteiger partial charge in [-0.05, 0) is 36.4 Å². The van der Waals surface area contributed by atoms with Gasteiger partial charge in [0.15, 0.2) is 17.5 Å². The number of hydrogen-bond donors (Lipinski definition) is 0. The van der Waals surface area contributed by atoms with E-state index in [9.17, 15) is 0 Å². The van der Waals surface area contributed by atoms with Crippen molar-refractivity contribution in [3.8, 4) is 44.7 Å². The Labute approximate surface area is 280 Å². The summed E-state index contributed by atoms with van der Waals surface area (Å²) in [5.74, 6) is 1.94. The molecule has 47 heavy (non-hydrogen) atoms. The molecule has 0 amide bonds. The molecule has 0 fully saturated rings. The lowest BCUT2D eigenvalue weighted by Gasteiger charge is -2.32. The predicted octanol–water partition coefficient (Wildman–Crippen LogP) is 11.1. The molecule has 0 N–H and O–H groups in total. The van der Waals surface area contributed by atoms with Crippen molar-refractivity contribution in [2.75, 3.05) is 4.90 Å². The number of fused-ring (bicyclic) bond motifs is 3. The zero-order valence-corrected chi connectivity index (χ0v) is 26.6. The molecule has 2 aromatic heterocycles. The second-order valence-corrected chi connectivity index (χ2v) is 13.3. The number of aromatic nitrogens is 4. The maximum absolute atomic E-state index is 5.10. The van der Waals surface area contributed by atoms with Crippen LogP contribution in [0.2, 0.25) is 0 Å². The summed E-state index contributed by atoms with van der Waals surface area (Å²) in [6.07, 6.45) is 0. The first-order valence-electron chi connectivity index (χ1n) is 15.3. The van der Waals surface area contributed by atoms with Gasteiger partial charge in [0, 0.05) is 37.7 Å². The third-order valence-corrected chi connectivity index (χ3v) is 10.3. The van der Waals surface area contributed by atoms with E-state index in [-0.39, 0.29) is 0 Å². The highest BCUT2D eigenvalue weighted by atomic mass is 32.2. The first-order valence-corrected chi connectivity index (χ1v) is 16.9. The molecule has 0 saturated heterocycles. The van der Waals surface area contributed by atoms with E-state index in [2.05, 4.69) is 95.9 Å². The highest BCUT2D eigenvalue weighted by Gasteiger charge is 2.26. The average Bonchev–Trinajstić information content (AvgIpc) is 3.57. The molecular formula is C40H25N5S2. The number of anilines is 3. The standard InChI is InChI=1S/C40H25N5S2/c1-4-12-26(13-5-1)37-42-38(27-14-6-2-7-15-27)44-39(43-37)28-20-22-29(23-21-28)40-41-31-24-36-33(25-35(31)47-40)45(30-16-8-3-9-17-30)32-18-10-11-19-34(32)46-36/h1-25H. The lowest BCUT2D eigenvalue weighted by atomic mass is 10.1. The summed E-state index contributed by atoms with van der Waals surface area (Å²) in [5, 5.41) is 0.980. The van der Waals surface area contributed by atoms with Crippen LogP contribution in [0, 0.1) is 0 Å². The van der Waals surface area contributed by atoms with Crippen LogP contribution in [0.1, 0.15) is 0 Å². The first kappa shape index (κ1) is 27.7. The Balaban J connectivity index is 1.09. The summed E-state index contributed by atoms with van der Waals surface area (Å²) in [5.41, 5.74) is 8.41. The molecule has 222 valence electrons. The molecule has 0 spiro atoms. The Kier molecular flexibility index (Phi) is 6.84. The van der Waals surface area contributed by atoms with Crippen molar-refractivity contribution in [2.45, 2.75) is 9.79 Å². The number of benzene rings is 6. The van der Waals surface area contributed by atoms with E-state index >= 15 is 0 Å². The molecule has 8 aromatic rings. The fourth-order valence-electron chi connectivity index (χ4n) is 5.86. The SMILES string of the molecule is c1ccc(-c2nc(-c3ccccc3)nc(-c3ccc(-c4nc5cc6c(cc5s4)N(c4ccccc4)c4ccccc4S6)cc3)n2)cc1. The van der Waals surface area contributed by atoms with E-state index in [4.69, 9.17) is 19.9 Å². The van der Waals surface area contributed by atoms with Crippen LogP contribution in [0.3, 0.4) is 0 Å². The van der Waals surface area contributed by atoms with Gasteiger partial charge in [-0.25, -0.2) is 19.9 Å². The van der Waals surface area contributed by atoms with Crippen molar-refractivity contribution in [3.05, 3.63) is 152 Å². The number of thiazole rings is 1. The molecule has 1 aliphatic heterocycles. The van der Waals surface area contributed by atoms with Crippen LogP contribution in [0.4, 0.5) is 17.1 Å².